The van der Waals surface area contributed by atoms with Gasteiger partial charge in [-0.1, -0.05) is 6.07 Å². The van der Waals surface area contributed by atoms with Gasteiger partial charge in [-0.25, -0.2) is 0 Å². The zero-order valence-electron chi connectivity index (χ0n) is 19.9. The van der Waals surface area contributed by atoms with Crippen molar-refractivity contribution in [2.75, 3.05) is 47.4 Å². The number of H-pyrrole nitrogens is 1. The van der Waals surface area contributed by atoms with E-state index in [4.69, 9.17) is 9.47 Å². The van der Waals surface area contributed by atoms with E-state index in [0.29, 0.717) is 39.6 Å². The Kier molecular flexibility index (Phi) is 7.38. The molecular formula is C26H32F3N3O2. The SMILES string of the molecule is CNCCN1CCC(c2ccc3[nH]c(-c4ccc(OC)c(OC)c4)c(CC(F)(F)F)c3c2)CC1. The average molecular weight is 476 g/mol. The van der Waals surface area contributed by atoms with Crippen LogP contribution in [0.15, 0.2) is 36.4 Å². The maximum absolute atomic E-state index is 13.6. The molecule has 0 spiro atoms. The van der Waals surface area contributed by atoms with Gasteiger partial charge in [-0.3, -0.25) is 0 Å². The van der Waals surface area contributed by atoms with Crippen molar-refractivity contribution < 1.29 is 22.6 Å². The summed E-state index contributed by atoms with van der Waals surface area (Å²) in [6.45, 7) is 3.98. The number of likely N-dealkylation sites (N-methyl/N-ethyl adjacent to an activating group) is 1. The van der Waals surface area contributed by atoms with Crippen LogP contribution in [0.4, 0.5) is 13.2 Å². The lowest BCUT2D eigenvalue weighted by molar-refractivity contribution is -0.126. The molecule has 4 rings (SSSR count). The van der Waals surface area contributed by atoms with Gasteiger partial charge in [-0.2, -0.15) is 13.2 Å². The molecule has 1 aliphatic rings. The van der Waals surface area contributed by atoms with Crippen molar-refractivity contribution in [3.05, 3.63) is 47.5 Å². The lowest BCUT2D eigenvalue weighted by Gasteiger charge is -2.32. The van der Waals surface area contributed by atoms with Crippen molar-refractivity contribution in [2.24, 2.45) is 0 Å². The highest BCUT2D eigenvalue weighted by Crippen LogP contribution is 2.40. The van der Waals surface area contributed by atoms with Crippen LogP contribution in [0.25, 0.3) is 22.2 Å². The highest BCUT2D eigenvalue weighted by atomic mass is 19.4. The van der Waals surface area contributed by atoms with Crippen LogP contribution in [0.3, 0.4) is 0 Å². The van der Waals surface area contributed by atoms with Gasteiger partial charge >= 0.3 is 6.18 Å². The summed E-state index contributed by atoms with van der Waals surface area (Å²) in [5, 5.41) is 3.82. The molecule has 0 unspecified atom stereocenters. The van der Waals surface area contributed by atoms with Gasteiger partial charge in [0.25, 0.3) is 0 Å². The van der Waals surface area contributed by atoms with Crippen molar-refractivity contribution in [3.63, 3.8) is 0 Å². The fourth-order valence-electron chi connectivity index (χ4n) is 4.90. The lowest BCUT2D eigenvalue weighted by Crippen LogP contribution is -2.37. The topological polar surface area (TPSA) is 49.5 Å². The van der Waals surface area contributed by atoms with E-state index in [1.54, 1.807) is 18.2 Å². The van der Waals surface area contributed by atoms with Gasteiger partial charge in [0.15, 0.2) is 11.5 Å². The standard InChI is InChI=1S/C26H32F3N3O2/c1-30-10-13-32-11-8-17(9-12-32)18-4-6-22-20(14-18)21(16-26(27,28)29)25(31-22)19-5-7-23(33-2)24(15-19)34-3/h4-7,14-15,17,30-31H,8-13,16H2,1-3H3. The number of rotatable bonds is 8. The number of fused-ring (bicyclic) bond motifs is 1. The molecule has 2 aromatic carbocycles. The molecule has 0 aliphatic carbocycles. The summed E-state index contributed by atoms with van der Waals surface area (Å²) >= 11 is 0. The molecule has 0 saturated carbocycles. The summed E-state index contributed by atoms with van der Waals surface area (Å²) in [4.78, 5) is 5.68. The Morgan fingerprint density at radius 3 is 2.41 bits per heavy atom. The Bertz CT molecular complexity index is 1120. The minimum atomic E-state index is -4.32. The van der Waals surface area contributed by atoms with Crippen molar-refractivity contribution in [1.29, 1.82) is 0 Å². The Balaban J connectivity index is 1.70. The monoisotopic (exact) mass is 475 g/mol. The molecule has 0 amide bonds. The van der Waals surface area contributed by atoms with Crippen LogP contribution in [0.5, 0.6) is 11.5 Å². The first-order valence-corrected chi connectivity index (χ1v) is 11.6. The number of hydrogen-bond donors (Lipinski definition) is 2. The summed E-state index contributed by atoms with van der Waals surface area (Å²) in [5.74, 6) is 1.36. The fourth-order valence-corrected chi connectivity index (χ4v) is 4.90. The number of benzene rings is 2. The number of halogens is 3. The van der Waals surface area contributed by atoms with E-state index in [9.17, 15) is 13.2 Å². The van der Waals surface area contributed by atoms with Crippen LogP contribution < -0.4 is 14.8 Å². The third-order valence-electron chi connectivity index (χ3n) is 6.72. The highest BCUT2D eigenvalue weighted by molar-refractivity contribution is 5.91. The maximum Gasteiger partial charge on any atom is 0.393 e. The first-order chi connectivity index (χ1) is 16.3. The third kappa shape index (κ3) is 5.33. The number of ether oxygens (including phenoxy) is 2. The number of nitrogens with one attached hydrogen (secondary N) is 2. The molecule has 5 nitrogen and oxygen atoms in total. The molecule has 3 aromatic rings. The van der Waals surface area contributed by atoms with Crippen LogP contribution in [0.2, 0.25) is 0 Å². The zero-order valence-corrected chi connectivity index (χ0v) is 19.9. The predicted octanol–water partition coefficient (Wildman–Crippen LogP) is 5.36. The summed E-state index contributed by atoms with van der Waals surface area (Å²) in [6.07, 6.45) is -3.30. The van der Waals surface area contributed by atoms with Crippen molar-refractivity contribution >= 4 is 10.9 Å². The number of hydrogen-bond acceptors (Lipinski definition) is 4. The summed E-state index contributed by atoms with van der Waals surface area (Å²) in [5.41, 5.74) is 3.18. The Morgan fingerprint density at radius 2 is 1.76 bits per heavy atom. The van der Waals surface area contributed by atoms with Crippen LogP contribution in [-0.2, 0) is 6.42 Å². The van der Waals surface area contributed by atoms with Gasteiger partial charge in [0.2, 0.25) is 0 Å². The maximum atomic E-state index is 13.6. The number of alkyl halides is 3. The molecule has 1 fully saturated rings. The van der Waals surface area contributed by atoms with Gasteiger partial charge in [0.05, 0.1) is 26.3 Å². The summed E-state index contributed by atoms with van der Waals surface area (Å²) in [6, 6.07) is 11.1. The minimum absolute atomic E-state index is 0.267. The Morgan fingerprint density at radius 1 is 1.03 bits per heavy atom. The van der Waals surface area contributed by atoms with Crippen molar-refractivity contribution in [3.8, 4) is 22.8 Å². The van der Waals surface area contributed by atoms with Crippen LogP contribution in [-0.4, -0.2) is 63.5 Å². The number of piperidine rings is 1. The number of aromatic amines is 1. The normalized spacial score (nSPS) is 15.7. The largest absolute Gasteiger partial charge is 0.493 e. The molecule has 0 bridgehead atoms. The number of aromatic nitrogens is 1. The molecule has 1 saturated heterocycles. The molecule has 184 valence electrons. The smallest absolute Gasteiger partial charge is 0.393 e. The van der Waals surface area contributed by atoms with Gasteiger partial charge in [0, 0.05) is 29.6 Å². The molecule has 1 aliphatic heterocycles. The fraction of sp³-hybridized carbons (Fsp3) is 0.462. The van der Waals surface area contributed by atoms with E-state index in [0.717, 1.165) is 44.6 Å². The molecule has 8 heteroatoms. The molecule has 34 heavy (non-hydrogen) atoms. The second-order valence-corrected chi connectivity index (χ2v) is 8.86. The van der Waals surface area contributed by atoms with Gasteiger partial charge in [0.1, 0.15) is 0 Å². The quantitative estimate of drug-likeness (QED) is 0.461. The van der Waals surface area contributed by atoms with Crippen molar-refractivity contribution in [2.45, 2.75) is 31.4 Å². The van der Waals surface area contributed by atoms with E-state index in [-0.39, 0.29) is 5.56 Å². The van der Waals surface area contributed by atoms with Crippen LogP contribution in [0.1, 0.15) is 29.9 Å². The molecule has 0 radical (unpaired) electrons. The molecule has 2 heterocycles. The Hall–Kier alpha value is -2.71. The van der Waals surface area contributed by atoms with E-state index in [1.165, 1.54) is 14.2 Å². The van der Waals surface area contributed by atoms with E-state index in [2.05, 4.69) is 21.3 Å². The van der Waals surface area contributed by atoms with E-state index in [1.807, 2.05) is 19.2 Å². The van der Waals surface area contributed by atoms with E-state index >= 15 is 0 Å². The number of likely N-dealkylation sites (tertiary alicyclic amines) is 1. The van der Waals surface area contributed by atoms with Crippen LogP contribution in [0, 0.1) is 0 Å². The second-order valence-electron chi connectivity index (χ2n) is 8.86. The molecular weight excluding hydrogens is 443 g/mol. The first-order valence-electron chi connectivity index (χ1n) is 11.6. The number of nitrogens with zero attached hydrogens (tertiary/aromatic N) is 1. The average Bonchev–Trinajstić information content (AvgIpc) is 3.18. The summed E-state index contributed by atoms with van der Waals surface area (Å²) < 4.78 is 51.6. The molecule has 0 atom stereocenters. The van der Waals surface area contributed by atoms with E-state index < -0.39 is 12.6 Å². The number of methoxy groups -OCH3 is 2. The lowest BCUT2D eigenvalue weighted by atomic mass is 9.88. The summed E-state index contributed by atoms with van der Waals surface area (Å²) in [7, 11) is 5.00. The highest BCUT2D eigenvalue weighted by Gasteiger charge is 2.32. The third-order valence-corrected chi connectivity index (χ3v) is 6.72. The second kappa shape index (κ2) is 10.3. The van der Waals surface area contributed by atoms with Gasteiger partial charge in [-0.15, -0.1) is 0 Å². The van der Waals surface area contributed by atoms with Gasteiger partial charge < -0.3 is 24.7 Å². The van der Waals surface area contributed by atoms with Gasteiger partial charge in [-0.05, 0) is 80.4 Å². The first kappa shape index (κ1) is 24.4. The zero-order chi connectivity index (χ0) is 24.3. The minimum Gasteiger partial charge on any atom is -0.493 e. The predicted molar refractivity (Wildman–Crippen MR) is 129 cm³/mol. The molecule has 1 aromatic heterocycles. The Labute approximate surface area is 198 Å². The molecule has 2 N–H and O–H groups in total. The van der Waals surface area contributed by atoms with Crippen LogP contribution >= 0.6 is 0 Å². The van der Waals surface area contributed by atoms with Crippen molar-refractivity contribution in [1.82, 2.24) is 15.2 Å².